The molecule has 120 valence electrons. The number of fused-ring (bicyclic) bond motifs is 1. The molecule has 0 amide bonds. The van der Waals surface area contributed by atoms with Gasteiger partial charge in [-0.15, -0.1) is 0 Å². The summed E-state index contributed by atoms with van der Waals surface area (Å²) in [6.07, 6.45) is 6.11. The average molecular weight is 311 g/mol. The van der Waals surface area contributed by atoms with Gasteiger partial charge in [0.1, 0.15) is 5.65 Å². The summed E-state index contributed by atoms with van der Waals surface area (Å²) >= 11 is 0. The molecule has 0 N–H and O–H groups in total. The molecular formula is C17H21N5O. The number of pyridine rings is 1. The Morgan fingerprint density at radius 3 is 3.09 bits per heavy atom. The van der Waals surface area contributed by atoms with Crippen LogP contribution in [0, 0.1) is 6.92 Å². The molecule has 3 aromatic heterocycles. The zero-order chi connectivity index (χ0) is 15.6. The molecule has 1 saturated heterocycles. The Morgan fingerprint density at radius 1 is 1.30 bits per heavy atom. The van der Waals surface area contributed by atoms with Crippen molar-refractivity contribution in [1.82, 2.24) is 24.1 Å². The maximum Gasteiger partial charge on any atom is 0.137 e. The highest BCUT2D eigenvalue weighted by molar-refractivity contribution is 5.41. The van der Waals surface area contributed by atoms with Crippen LogP contribution < -0.4 is 0 Å². The summed E-state index contributed by atoms with van der Waals surface area (Å²) in [5.41, 5.74) is 3.33. The fourth-order valence-corrected chi connectivity index (χ4v) is 3.16. The van der Waals surface area contributed by atoms with E-state index in [1.807, 2.05) is 16.9 Å². The van der Waals surface area contributed by atoms with E-state index in [1.165, 1.54) is 5.69 Å². The first-order valence-electron chi connectivity index (χ1n) is 8.03. The van der Waals surface area contributed by atoms with E-state index in [0.29, 0.717) is 0 Å². The number of morpholine rings is 1. The highest BCUT2D eigenvalue weighted by atomic mass is 16.5. The normalized spacial score (nSPS) is 19.4. The number of hydrogen-bond donors (Lipinski definition) is 0. The van der Waals surface area contributed by atoms with Gasteiger partial charge in [0.2, 0.25) is 0 Å². The molecule has 4 heterocycles. The lowest BCUT2D eigenvalue weighted by atomic mass is 10.2. The van der Waals surface area contributed by atoms with E-state index >= 15 is 0 Å². The summed E-state index contributed by atoms with van der Waals surface area (Å²) < 4.78 is 9.95. The monoisotopic (exact) mass is 311 g/mol. The molecule has 0 aromatic carbocycles. The molecule has 1 aliphatic heterocycles. The van der Waals surface area contributed by atoms with Gasteiger partial charge in [-0.25, -0.2) is 4.98 Å². The third-order valence-corrected chi connectivity index (χ3v) is 4.30. The summed E-state index contributed by atoms with van der Waals surface area (Å²) in [6.45, 7) is 6.38. The third kappa shape index (κ3) is 3.13. The predicted molar refractivity (Wildman–Crippen MR) is 87.2 cm³/mol. The molecule has 0 radical (unpaired) electrons. The predicted octanol–water partition coefficient (Wildman–Crippen LogP) is 1.74. The van der Waals surface area contributed by atoms with Crippen molar-refractivity contribution in [3.8, 4) is 0 Å². The quantitative estimate of drug-likeness (QED) is 0.736. The number of hydrogen-bond acceptors (Lipinski definition) is 4. The fourth-order valence-electron chi connectivity index (χ4n) is 3.16. The van der Waals surface area contributed by atoms with E-state index < -0.39 is 0 Å². The number of aryl methyl sites for hydroxylation is 1. The lowest BCUT2D eigenvalue weighted by Gasteiger charge is -2.32. The van der Waals surface area contributed by atoms with E-state index in [-0.39, 0.29) is 6.10 Å². The van der Waals surface area contributed by atoms with Crippen LogP contribution >= 0.6 is 0 Å². The second-order valence-corrected chi connectivity index (χ2v) is 6.08. The SMILES string of the molecule is Cc1cccc2nc(CN3CCOC(Cn4cccn4)C3)cn12. The first-order chi connectivity index (χ1) is 11.3. The molecule has 6 heteroatoms. The van der Waals surface area contributed by atoms with Crippen molar-refractivity contribution in [1.29, 1.82) is 0 Å². The van der Waals surface area contributed by atoms with Gasteiger partial charge in [-0.2, -0.15) is 5.10 Å². The summed E-state index contributed by atoms with van der Waals surface area (Å²) in [5.74, 6) is 0. The Balaban J connectivity index is 1.44. The van der Waals surface area contributed by atoms with Gasteiger partial charge >= 0.3 is 0 Å². The molecule has 3 aromatic rings. The zero-order valence-electron chi connectivity index (χ0n) is 13.3. The van der Waals surface area contributed by atoms with Gasteiger partial charge in [0, 0.05) is 43.9 Å². The number of nitrogens with zero attached hydrogens (tertiary/aromatic N) is 5. The maximum absolute atomic E-state index is 5.87. The molecule has 0 aliphatic carbocycles. The van der Waals surface area contributed by atoms with Crippen LogP contribution in [-0.4, -0.2) is 49.9 Å². The fraction of sp³-hybridized carbons (Fsp3) is 0.412. The molecule has 4 rings (SSSR count). The van der Waals surface area contributed by atoms with Crippen molar-refractivity contribution in [2.75, 3.05) is 19.7 Å². The molecule has 0 saturated carbocycles. The van der Waals surface area contributed by atoms with E-state index in [4.69, 9.17) is 9.72 Å². The topological polar surface area (TPSA) is 47.6 Å². The summed E-state index contributed by atoms with van der Waals surface area (Å²) in [5, 5.41) is 4.26. The van der Waals surface area contributed by atoms with Crippen molar-refractivity contribution in [2.24, 2.45) is 0 Å². The van der Waals surface area contributed by atoms with Crippen LogP contribution in [0.15, 0.2) is 42.9 Å². The number of rotatable bonds is 4. The second kappa shape index (κ2) is 6.14. The van der Waals surface area contributed by atoms with E-state index in [0.717, 1.165) is 44.1 Å². The molecule has 1 aliphatic rings. The van der Waals surface area contributed by atoms with Crippen molar-refractivity contribution >= 4 is 5.65 Å². The molecule has 1 fully saturated rings. The van der Waals surface area contributed by atoms with Crippen LogP contribution in [0.2, 0.25) is 0 Å². The summed E-state index contributed by atoms with van der Waals surface area (Å²) in [7, 11) is 0. The van der Waals surface area contributed by atoms with Crippen LogP contribution in [0.3, 0.4) is 0 Å². The Bertz CT molecular complexity index is 779. The largest absolute Gasteiger partial charge is 0.374 e. The molecule has 1 atom stereocenters. The number of ether oxygens (including phenoxy) is 1. The molecule has 0 spiro atoms. The first-order valence-corrected chi connectivity index (χ1v) is 8.03. The van der Waals surface area contributed by atoms with Crippen LogP contribution in [0.4, 0.5) is 0 Å². The molecule has 6 nitrogen and oxygen atoms in total. The summed E-state index contributed by atoms with van der Waals surface area (Å²) in [4.78, 5) is 7.14. The van der Waals surface area contributed by atoms with Crippen LogP contribution in [-0.2, 0) is 17.8 Å². The van der Waals surface area contributed by atoms with Gasteiger partial charge in [0.25, 0.3) is 0 Å². The van der Waals surface area contributed by atoms with Crippen LogP contribution in [0.25, 0.3) is 5.65 Å². The van der Waals surface area contributed by atoms with Gasteiger partial charge < -0.3 is 9.14 Å². The van der Waals surface area contributed by atoms with Gasteiger partial charge in [-0.1, -0.05) is 6.07 Å². The van der Waals surface area contributed by atoms with Crippen LogP contribution in [0.5, 0.6) is 0 Å². The third-order valence-electron chi connectivity index (χ3n) is 4.30. The van der Waals surface area contributed by atoms with Gasteiger partial charge in [0.05, 0.1) is 24.9 Å². The van der Waals surface area contributed by atoms with Gasteiger partial charge in [-0.3, -0.25) is 9.58 Å². The summed E-state index contributed by atoms with van der Waals surface area (Å²) in [6, 6.07) is 8.15. The maximum atomic E-state index is 5.87. The number of imidazole rings is 1. The average Bonchev–Trinajstić information content (AvgIpc) is 3.18. The standard InChI is InChI=1S/C17H21N5O/c1-14-4-2-5-17-19-15(11-22(14)17)10-20-8-9-23-16(12-20)13-21-7-3-6-18-21/h2-7,11,16H,8-10,12-13H2,1H3. The highest BCUT2D eigenvalue weighted by Crippen LogP contribution is 2.13. The van der Waals surface area contributed by atoms with Crippen LogP contribution in [0.1, 0.15) is 11.4 Å². The Kier molecular flexibility index (Phi) is 3.85. The first kappa shape index (κ1) is 14.4. The highest BCUT2D eigenvalue weighted by Gasteiger charge is 2.21. The lowest BCUT2D eigenvalue weighted by Crippen LogP contribution is -2.43. The van der Waals surface area contributed by atoms with Crippen molar-refractivity contribution in [3.05, 3.63) is 54.2 Å². The Morgan fingerprint density at radius 2 is 2.26 bits per heavy atom. The van der Waals surface area contributed by atoms with E-state index in [2.05, 4.69) is 45.7 Å². The minimum atomic E-state index is 0.183. The Hall–Kier alpha value is -2.18. The lowest BCUT2D eigenvalue weighted by molar-refractivity contribution is -0.0405. The van der Waals surface area contributed by atoms with Gasteiger partial charge in [-0.05, 0) is 25.1 Å². The van der Waals surface area contributed by atoms with E-state index in [1.54, 1.807) is 6.20 Å². The molecule has 23 heavy (non-hydrogen) atoms. The number of aromatic nitrogens is 4. The Labute approximate surface area is 135 Å². The second-order valence-electron chi connectivity index (χ2n) is 6.08. The van der Waals surface area contributed by atoms with Crippen molar-refractivity contribution in [2.45, 2.75) is 26.1 Å². The minimum Gasteiger partial charge on any atom is -0.374 e. The smallest absolute Gasteiger partial charge is 0.137 e. The van der Waals surface area contributed by atoms with Crippen molar-refractivity contribution < 1.29 is 4.74 Å². The van der Waals surface area contributed by atoms with Crippen molar-refractivity contribution in [3.63, 3.8) is 0 Å². The molecular weight excluding hydrogens is 290 g/mol. The van der Waals surface area contributed by atoms with E-state index in [9.17, 15) is 0 Å². The van der Waals surface area contributed by atoms with Gasteiger partial charge in [0.15, 0.2) is 0 Å². The minimum absolute atomic E-state index is 0.183. The zero-order valence-corrected chi connectivity index (χ0v) is 13.3. The molecule has 0 bridgehead atoms. The molecule has 1 unspecified atom stereocenters.